The quantitative estimate of drug-likeness (QED) is 0.425. The predicted molar refractivity (Wildman–Crippen MR) is 126 cm³/mol. The lowest BCUT2D eigenvalue weighted by molar-refractivity contribution is -0.124. The number of nitrogens with one attached hydrogen (secondary N) is 3. The topological polar surface area (TPSA) is 76.6 Å². The number of carbonyl (C=O) groups excluding carboxylic acids is 1. The number of β-amino-alcohol motifs (C(OH)–C–C–N with tert-alkyl or cyclic N) is 1. The third-order valence-electron chi connectivity index (χ3n) is 5.28. The van der Waals surface area contributed by atoms with Crippen molar-refractivity contribution in [3.05, 3.63) is 64.1 Å². The molecule has 0 radical (unpaired) electrons. The average molecular weight is 465 g/mol. The van der Waals surface area contributed by atoms with Gasteiger partial charge in [-0.05, 0) is 36.1 Å². The summed E-state index contributed by atoms with van der Waals surface area (Å²) in [6.07, 6.45) is 0.0341. The number of hydrogen-bond donors (Lipinski definition) is 4. The number of likely N-dealkylation sites (tertiary alicyclic amines) is 1. The molecule has 0 saturated carbocycles. The summed E-state index contributed by atoms with van der Waals surface area (Å²) in [6.45, 7) is 6.01. The first-order chi connectivity index (χ1) is 14.8. The summed E-state index contributed by atoms with van der Waals surface area (Å²) in [5.41, 5.74) is 8.05. The Labute approximate surface area is 193 Å². The van der Waals surface area contributed by atoms with Crippen molar-refractivity contribution in [1.29, 1.82) is 0 Å². The van der Waals surface area contributed by atoms with Crippen molar-refractivity contribution in [2.24, 2.45) is 5.92 Å². The highest BCUT2D eigenvalue weighted by atomic mass is 35.5. The maximum Gasteiger partial charge on any atom is 0.239 e. The molecule has 4 N–H and O–H groups in total. The van der Waals surface area contributed by atoms with Gasteiger partial charge in [0.25, 0.3) is 0 Å². The zero-order valence-electron chi connectivity index (χ0n) is 17.8. The number of hydrogen-bond acceptors (Lipinski definition) is 5. The van der Waals surface area contributed by atoms with E-state index in [9.17, 15) is 9.90 Å². The van der Waals surface area contributed by atoms with Crippen LogP contribution in [0.3, 0.4) is 0 Å². The van der Waals surface area contributed by atoms with Gasteiger partial charge in [-0.15, -0.1) is 0 Å². The Kier molecular flexibility index (Phi) is 8.58. The summed E-state index contributed by atoms with van der Waals surface area (Å²) in [5.74, 6) is 0.161. The smallest absolute Gasteiger partial charge is 0.239 e. The first kappa shape index (κ1) is 23.8. The lowest BCUT2D eigenvalue weighted by atomic mass is 10.0. The summed E-state index contributed by atoms with van der Waals surface area (Å²) in [4.78, 5) is 15.2. The van der Waals surface area contributed by atoms with Crippen molar-refractivity contribution in [3.63, 3.8) is 0 Å². The Morgan fingerprint density at radius 1 is 1.13 bits per heavy atom. The van der Waals surface area contributed by atoms with Crippen molar-refractivity contribution in [3.8, 4) is 0 Å². The first-order valence-electron chi connectivity index (χ1n) is 10.5. The van der Waals surface area contributed by atoms with Crippen LogP contribution in [0.15, 0.2) is 48.5 Å². The van der Waals surface area contributed by atoms with Crippen LogP contribution in [0.4, 0.5) is 5.69 Å². The Balaban J connectivity index is 1.57. The number of halogens is 2. The van der Waals surface area contributed by atoms with Crippen LogP contribution in [0.2, 0.25) is 10.0 Å². The molecule has 8 heteroatoms. The van der Waals surface area contributed by atoms with E-state index in [2.05, 4.69) is 47.0 Å². The maximum atomic E-state index is 13.0. The van der Waals surface area contributed by atoms with Crippen molar-refractivity contribution in [2.75, 3.05) is 18.5 Å². The third kappa shape index (κ3) is 7.09. The fourth-order valence-electron chi connectivity index (χ4n) is 3.71. The molecule has 1 fully saturated rings. The largest absolute Gasteiger partial charge is 0.390 e. The summed E-state index contributed by atoms with van der Waals surface area (Å²) in [5, 5.41) is 14.4. The zero-order chi connectivity index (χ0) is 22.4. The van der Waals surface area contributed by atoms with Gasteiger partial charge in [-0.2, -0.15) is 0 Å². The summed E-state index contributed by atoms with van der Waals surface area (Å²) in [6, 6.07) is 14.5. The molecule has 0 aliphatic carbocycles. The fraction of sp³-hybridized carbons (Fsp3) is 0.435. The van der Waals surface area contributed by atoms with E-state index in [4.69, 9.17) is 23.2 Å². The number of anilines is 1. The van der Waals surface area contributed by atoms with Gasteiger partial charge in [0.05, 0.1) is 27.9 Å². The number of aliphatic hydroxyl groups excluding tert-OH is 1. The van der Waals surface area contributed by atoms with E-state index < -0.39 is 12.1 Å². The number of benzene rings is 2. The molecule has 2 aromatic carbocycles. The molecule has 3 atom stereocenters. The average Bonchev–Trinajstić information content (AvgIpc) is 3.06. The van der Waals surface area contributed by atoms with Gasteiger partial charge in [-0.25, -0.2) is 5.43 Å². The molecule has 31 heavy (non-hydrogen) atoms. The number of amides is 1. The van der Waals surface area contributed by atoms with Crippen LogP contribution in [0.25, 0.3) is 0 Å². The van der Waals surface area contributed by atoms with E-state index in [1.54, 1.807) is 18.2 Å². The standard InChI is InChI=1S/C23H30Cl2N4O2/c1-15(2)10-20(28-27-17-8-9-18(24)19(25)11-17)23(31)26-21-13-29(14-22(21)30)12-16-6-4-3-5-7-16/h3-9,11,15,20-22,27-28,30H,10,12-14H2,1-2H3,(H,26,31)/t20-,21?,22?/m0/s1. The van der Waals surface area contributed by atoms with Crippen LogP contribution in [0.5, 0.6) is 0 Å². The molecular formula is C23H30Cl2N4O2. The van der Waals surface area contributed by atoms with Crippen molar-refractivity contribution >= 4 is 34.8 Å². The number of rotatable bonds is 9. The Bertz CT molecular complexity index is 866. The molecule has 1 heterocycles. The van der Waals surface area contributed by atoms with Gasteiger partial charge in [0.2, 0.25) is 5.91 Å². The molecule has 2 aromatic rings. The molecule has 6 nitrogen and oxygen atoms in total. The molecular weight excluding hydrogens is 435 g/mol. The van der Waals surface area contributed by atoms with E-state index in [0.717, 1.165) is 6.54 Å². The Morgan fingerprint density at radius 3 is 2.55 bits per heavy atom. The van der Waals surface area contributed by atoms with E-state index in [-0.39, 0.29) is 11.9 Å². The van der Waals surface area contributed by atoms with Gasteiger partial charge < -0.3 is 15.8 Å². The van der Waals surface area contributed by atoms with E-state index in [0.29, 0.717) is 41.2 Å². The maximum absolute atomic E-state index is 13.0. The highest BCUT2D eigenvalue weighted by Gasteiger charge is 2.34. The number of carbonyl (C=O) groups is 1. The van der Waals surface area contributed by atoms with Gasteiger partial charge in [0, 0.05) is 19.6 Å². The molecule has 0 bridgehead atoms. The molecule has 1 aliphatic heterocycles. The second-order valence-electron chi connectivity index (χ2n) is 8.44. The van der Waals surface area contributed by atoms with Gasteiger partial charge in [-0.1, -0.05) is 67.4 Å². The molecule has 1 aliphatic rings. The Hall–Kier alpha value is -1.83. The number of nitrogens with zero attached hydrogens (tertiary/aromatic N) is 1. The second-order valence-corrected chi connectivity index (χ2v) is 9.26. The van der Waals surface area contributed by atoms with Crippen LogP contribution in [-0.4, -0.2) is 47.2 Å². The predicted octanol–water partition coefficient (Wildman–Crippen LogP) is 3.69. The van der Waals surface area contributed by atoms with E-state index in [1.807, 2.05) is 18.2 Å². The molecule has 3 rings (SSSR count). The molecule has 0 spiro atoms. The lowest BCUT2D eigenvalue weighted by Crippen LogP contribution is -2.52. The summed E-state index contributed by atoms with van der Waals surface area (Å²) in [7, 11) is 0. The number of hydrazine groups is 1. The van der Waals surface area contributed by atoms with Crippen LogP contribution < -0.4 is 16.2 Å². The fourth-order valence-corrected chi connectivity index (χ4v) is 4.01. The molecule has 2 unspecified atom stereocenters. The third-order valence-corrected chi connectivity index (χ3v) is 6.01. The molecule has 168 valence electrons. The monoisotopic (exact) mass is 464 g/mol. The van der Waals surface area contributed by atoms with Crippen molar-refractivity contribution in [1.82, 2.24) is 15.6 Å². The van der Waals surface area contributed by atoms with Crippen LogP contribution in [0, 0.1) is 5.92 Å². The lowest BCUT2D eigenvalue weighted by Gasteiger charge is -2.24. The van der Waals surface area contributed by atoms with Crippen molar-refractivity contribution in [2.45, 2.75) is 45.0 Å². The first-order valence-corrected chi connectivity index (χ1v) is 11.3. The minimum Gasteiger partial charge on any atom is -0.390 e. The van der Waals surface area contributed by atoms with Crippen LogP contribution >= 0.6 is 23.2 Å². The van der Waals surface area contributed by atoms with Gasteiger partial charge in [0.15, 0.2) is 0 Å². The van der Waals surface area contributed by atoms with Gasteiger partial charge in [0.1, 0.15) is 6.04 Å². The highest BCUT2D eigenvalue weighted by molar-refractivity contribution is 6.42. The van der Waals surface area contributed by atoms with Gasteiger partial charge in [-0.3, -0.25) is 9.69 Å². The minimum absolute atomic E-state index is 0.146. The number of aliphatic hydroxyl groups is 1. The molecule has 1 saturated heterocycles. The molecule has 0 aromatic heterocycles. The zero-order valence-corrected chi connectivity index (χ0v) is 19.3. The summed E-state index contributed by atoms with van der Waals surface area (Å²) < 4.78 is 0. The molecule has 1 amide bonds. The van der Waals surface area contributed by atoms with E-state index in [1.165, 1.54) is 5.56 Å². The van der Waals surface area contributed by atoms with Crippen LogP contribution in [-0.2, 0) is 11.3 Å². The second kappa shape index (κ2) is 11.2. The Morgan fingerprint density at radius 2 is 1.87 bits per heavy atom. The normalized spacial score (nSPS) is 20.1. The van der Waals surface area contributed by atoms with Crippen LogP contribution in [0.1, 0.15) is 25.8 Å². The SMILES string of the molecule is CC(C)C[C@H](NNc1ccc(Cl)c(Cl)c1)C(=O)NC1CN(Cc2ccccc2)CC1O. The van der Waals surface area contributed by atoms with Crippen molar-refractivity contribution < 1.29 is 9.90 Å². The highest BCUT2D eigenvalue weighted by Crippen LogP contribution is 2.24. The minimum atomic E-state index is -0.601. The summed E-state index contributed by atoms with van der Waals surface area (Å²) >= 11 is 12.0. The van der Waals surface area contributed by atoms with E-state index >= 15 is 0 Å². The van der Waals surface area contributed by atoms with Gasteiger partial charge >= 0.3 is 0 Å².